The van der Waals surface area contributed by atoms with Crippen LogP contribution in [0.4, 0.5) is 0 Å². The molecule has 0 saturated carbocycles. The highest BCUT2D eigenvalue weighted by atomic mass is 16.4. The summed E-state index contributed by atoms with van der Waals surface area (Å²) in [6.45, 7) is 2.57. The van der Waals surface area contributed by atoms with Crippen LogP contribution in [-0.2, 0) is 11.8 Å². The molecule has 0 aromatic carbocycles. The Morgan fingerprint density at radius 2 is 2.40 bits per heavy atom. The fourth-order valence-electron chi connectivity index (χ4n) is 1.69. The molecule has 0 saturated heterocycles. The first-order chi connectivity index (χ1) is 7.06. The lowest BCUT2D eigenvalue weighted by Gasteiger charge is -2.17. The van der Waals surface area contributed by atoms with Gasteiger partial charge < -0.3 is 15.0 Å². The zero-order chi connectivity index (χ0) is 11.4. The van der Waals surface area contributed by atoms with Crippen LogP contribution in [0.3, 0.4) is 0 Å². The number of nitrogens with one attached hydrogen (secondary N) is 1. The molecule has 2 unspecified atom stereocenters. The lowest BCUT2D eigenvalue weighted by Crippen LogP contribution is -2.27. The number of carboxylic acid groups (broad SMARTS) is 1. The number of nitrogens with zero attached hydrogens (tertiary/aromatic N) is 2. The minimum atomic E-state index is -0.823. The van der Waals surface area contributed by atoms with Crippen LogP contribution in [0.25, 0.3) is 0 Å². The van der Waals surface area contributed by atoms with E-state index < -0.39 is 11.9 Å². The van der Waals surface area contributed by atoms with Crippen LogP contribution in [0.5, 0.6) is 0 Å². The number of aromatic nitrogens is 2. The lowest BCUT2D eigenvalue weighted by atomic mass is 9.91. The fraction of sp³-hybridized carbons (Fsp3) is 0.600. The Bertz CT molecular complexity index is 335. The van der Waals surface area contributed by atoms with E-state index >= 15 is 0 Å². The van der Waals surface area contributed by atoms with Crippen LogP contribution in [0, 0.1) is 5.92 Å². The van der Waals surface area contributed by atoms with Crippen molar-refractivity contribution in [2.24, 2.45) is 13.0 Å². The summed E-state index contributed by atoms with van der Waals surface area (Å²) in [4.78, 5) is 15.2. The molecular formula is C10H17N3O2. The van der Waals surface area contributed by atoms with Crippen molar-refractivity contribution in [2.75, 3.05) is 13.6 Å². The van der Waals surface area contributed by atoms with E-state index in [1.807, 2.05) is 21.0 Å². The summed E-state index contributed by atoms with van der Waals surface area (Å²) < 4.78 is 1.76. The van der Waals surface area contributed by atoms with E-state index in [1.54, 1.807) is 17.1 Å². The molecule has 1 rings (SSSR count). The Hall–Kier alpha value is -1.36. The van der Waals surface area contributed by atoms with Crippen LogP contribution >= 0.6 is 0 Å². The Kier molecular flexibility index (Phi) is 3.85. The molecule has 1 aromatic heterocycles. The van der Waals surface area contributed by atoms with Crippen LogP contribution in [0.1, 0.15) is 18.5 Å². The molecule has 1 aromatic rings. The van der Waals surface area contributed by atoms with E-state index in [1.165, 1.54) is 0 Å². The smallest absolute Gasteiger partial charge is 0.312 e. The van der Waals surface area contributed by atoms with Crippen molar-refractivity contribution in [1.82, 2.24) is 14.9 Å². The van der Waals surface area contributed by atoms with Gasteiger partial charge in [-0.05, 0) is 19.5 Å². The largest absolute Gasteiger partial charge is 0.481 e. The second-order valence-corrected chi connectivity index (χ2v) is 3.81. The van der Waals surface area contributed by atoms with Gasteiger partial charge in [-0.2, -0.15) is 0 Å². The van der Waals surface area contributed by atoms with Gasteiger partial charge in [-0.25, -0.2) is 4.98 Å². The average Bonchev–Trinajstić information content (AvgIpc) is 2.51. The molecule has 0 amide bonds. The monoisotopic (exact) mass is 211 g/mol. The predicted molar refractivity (Wildman–Crippen MR) is 56.7 cm³/mol. The molecule has 84 valence electrons. The molecular weight excluding hydrogens is 194 g/mol. The van der Waals surface area contributed by atoms with Crippen molar-refractivity contribution < 1.29 is 9.90 Å². The summed E-state index contributed by atoms with van der Waals surface area (Å²) in [5.74, 6) is -1.35. The topological polar surface area (TPSA) is 67.2 Å². The third-order valence-electron chi connectivity index (χ3n) is 2.40. The van der Waals surface area contributed by atoms with E-state index in [0.29, 0.717) is 12.2 Å². The number of aryl methyl sites for hydroxylation is 1. The molecule has 5 heteroatoms. The van der Waals surface area contributed by atoms with Gasteiger partial charge in [0.2, 0.25) is 0 Å². The van der Waals surface area contributed by atoms with Gasteiger partial charge >= 0.3 is 5.97 Å². The molecule has 0 aliphatic carbocycles. The quantitative estimate of drug-likeness (QED) is 0.741. The van der Waals surface area contributed by atoms with Crippen molar-refractivity contribution in [3.8, 4) is 0 Å². The number of aliphatic carboxylic acids is 1. The Balaban J connectivity index is 2.87. The molecule has 0 radical (unpaired) electrons. The predicted octanol–water partition coefficient (Wildman–Crippen LogP) is 0.444. The van der Waals surface area contributed by atoms with E-state index in [0.717, 1.165) is 0 Å². The van der Waals surface area contributed by atoms with Crippen molar-refractivity contribution in [1.29, 1.82) is 0 Å². The van der Waals surface area contributed by atoms with Gasteiger partial charge in [0.15, 0.2) is 0 Å². The van der Waals surface area contributed by atoms with Crippen LogP contribution in [0.2, 0.25) is 0 Å². The number of rotatable bonds is 5. The summed E-state index contributed by atoms with van der Waals surface area (Å²) >= 11 is 0. The van der Waals surface area contributed by atoms with Crippen molar-refractivity contribution in [2.45, 2.75) is 12.8 Å². The molecule has 0 spiro atoms. The molecule has 15 heavy (non-hydrogen) atoms. The Morgan fingerprint density at radius 3 is 2.80 bits per heavy atom. The zero-order valence-corrected chi connectivity index (χ0v) is 9.27. The average molecular weight is 211 g/mol. The van der Waals surface area contributed by atoms with E-state index in [9.17, 15) is 4.79 Å². The van der Waals surface area contributed by atoms with Gasteiger partial charge in [-0.15, -0.1) is 0 Å². The molecule has 0 aliphatic rings. The van der Waals surface area contributed by atoms with Crippen molar-refractivity contribution in [3.63, 3.8) is 0 Å². The number of imidazole rings is 1. The SMILES string of the molecule is CNCC(C)C(C(=O)O)c1cn(C)cn1. The molecule has 5 nitrogen and oxygen atoms in total. The highest BCUT2D eigenvalue weighted by Gasteiger charge is 2.27. The van der Waals surface area contributed by atoms with Crippen LogP contribution in [0.15, 0.2) is 12.5 Å². The van der Waals surface area contributed by atoms with Gasteiger partial charge in [0.05, 0.1) is 12.0 Å². The third-order valence-corrected chi connectivity index (χ3v) is 2.40. The minimum absolute atomic E-state index is 0.0161. The zero-order valence-electron chi connectivity index (χ0n) is 9.27. The number of carboxylic acids is 1. The molecule has 1 heterocycles. The second-order valence-electron chi connectivity index (χ2n) is 3.81. The first-order valence-electron chi connectivity index (χ1n) is 4.91. The Morgan fingerprint density at radius 1 is 1.73 bits per heavy atom. The molecule has 0 fully saturated rings. The minimum Gasteiger partial charge on any atom is -0.481 e. The van der Waals surface area contributed by atoms with E-state index in [-0.39, 0.29) is 5.92 Å². The number of hydrogen-bond acceptors (Lipinski definition) is 3. The standard InChI is InChI=1S/C10H17N3O2/c1-7(4-11-2)9(10(14)15)8-5-13(3)6-12-8/h5-7,9,11H,4H2,1-3H3,(H,14,15). The summed E-state index contributed by atoms with van der Waals surface area (Å²) in [7, 11) is 3.64. The summed E-state index contributed by atoms with van der Waals surface area (Å²) in [5, 5.41) is 12.1. The normalized spacial score (nSPS) is 14.9. The molecule has 2 N–H and O–H groups in total. The van der Waals surface area contributed by atoms with Crippen molar-refractivity contribution in [3.05, 3.63) is 18.2 Å². The first kappa shape index (κ1) is 11.7. The van der Waals surface area contributed by atoms with Crippen molar-refractivity contribution >= 4 is 5.97 Å². The summed E-state index contributed by atoms with van der Waals surface area (Å²) in [6, 6.07) is 0. The van der Waals surface area contributed by atoms with E-state index in [4.69, 9.17) is 5.11 Å². The van der Waals surface area contributed by atoms with Gasteiger partial charge in [0.1, 0.15) is 5.92 Å². The van der Waals surface area contributed by atoms with Gasteiger partial charge in [0.25, 0.3) is 0 Å². The lowest BCUT2D eigenvalue weighted by molar-refractivity contribution is -0.140. The maximum absolute atomic E-state index is 11.1. The fourth-order valence-corrected chi connectivity index (χ4v) is 1.69. The molecule has 0 bridgehead atoms. The summed E-state index contributed by atoms with van der Waals surface area (Å²) in [5.41, 5.74) is 0.618. The maximum Gasteiger partial charge on any atom is 0.312 e. The number of hydrogen-bond donors (Lipinski definition) is 2. The van der Waals surface area contributed by atoms with Gasteiger partial charge in [-0.1, -0.05) is 6.92 Å². The van der Waals surface area contributed by atoms with E-state index in [2.05, 4.69) is 10.3 Å². The van der Waals surface area contributed by atoms with Gasteiger partial charge in [0, 0.05) is 13.2 Å². The third kappa shape index (κ3) is 2.79. The second kappa shape index (κ2) is 4.93. The molecule has 2 atom stereocenters. The van der Waals surface area contributed by atoms with Crippen LogP contribution in [-0.4, -0.2) is 34.2 Å². The van der Waals surface area contributed by atoms with Gasteiger partial charge in [-0.3, -0.25) is 4.79 Å². The van der Waals surface area contributed by atoms with Crippen LogP contribution < -0.4 is 5.32 Å². The highest BCUT2D eigenvalue weighted by Crippen LogP contribution is 2.22. The highest BCUT2D eigenvalue weighted by molar-refractivity contribution is 5.75. The Labute approximate surface area is 89.1 Å². The first-order valence-corrected chi connectivity index (χ1v) is 4.91. The maximum atomic E-state index is 11.1. The number of carbonyl (C=O) groups is 1. The molecule has 0 aliphatic heterocycles. The summed E-state index contributed by atoms with van der Waals surface area (Å²) in [6.07, 6.45) is 3.38.